The van der Waals surface area contributed by atoms with Crippen LogP contribution in [0.2, 0.25) is 0 Å². The number of nitrogens with one attached hydrogen (secondary N) is 1. The first-order valence-electron chi connectivity index (χ1n) is 8.78. The van der Waals surface area contributed by atoms with E-state index in [4.69, 9.17) is 9.47 Å². The minimum Gasteiger partial charge on any atom is -0.454 e. The summed E-state index contributed by atoms with van der Waals surface area (Å²) in [5.74, 6) is 0.926. The number of rotatable bonds is 6. The van der Waals surface area contributed by atoms with Crippen LogP contribution in [0.3, 0.4) is 0 Å². The number of carbonyl (C=O) groups is 2. The van der Waals surface area contributed by atoms with E-state index in [0.717, 1.165) is 0 Å². The molecule has 0 aromatic heterocycles. The van der Waals surface area contributed by atoms with Crippen molar-refractivity contribution in [3.8, 4) is 11.5 Å². The van der Waals surface area contributed by atoms with E-state index in [9.17, 15) is 9.59 Å². The second-order valence-electron chi connectivity index (χ2n) is 6.15. The number of hydrogen-bond acceptors (Lipinski definition) is 5. The Morgan fingerprint density at radius 2 is 1.57 bits per heavy atom. The Kier molecular flexibility index (Phi) is 4.89. The lowest BCUT2D eigenvalue weighted by atomic mass is 10.0. The fraction of sp³-hybridized carbons (Fsp3) is 0.0435. The Morgan fingerprint density at radius 3 is 2.43 bits per heavy atom. The van der Waals surface area contributed by atoms with Gasteiger partial charge in [0.15, 0.2) is 23.1 Å². The van der Waals surface area contributed by atoms with Crippen LogP contribution >= 0.6 is 0 Å². The summed E-state index contributed by atoms with van der Waals surface area (Å²) >= 11 is 0. The van der Waals surface area contributed by atoms with Crippen LogP contribution in [-0.2, 0) is 0 Å². The summed E-state index contributed by atoms with van der Waals surface area (Å²) in [6.07, 6.45) is 2.95. The van der Waals surface area contributed by atoms with Crippen molar-refractivity contribution in [2.24, 2.45) is 0 Å². The minimum absolute atomic E-state index is 0.0841. The molecule has 5 heteroatoms. The number of anilines is 1. The fourth-order valence-electron chi connectivity index (χ4n) is 2.91. The zero-order valence-corrected chi connectivity index (χ0v) is 14.9. The maximum atomic E-state index is 12.7. The van der Waals surface area contributed by atoms with Crippen LogP contribution in [0.5, 0.6) is 11.5 Å². The van der Waals surface area contributed by atoms with Crippen molar-refractivity contribution in [1.29, 1.82) is 0 Å². The van der Waals surface area contributed by atoms with E-state index in [1.54, 1.807) is 42.5 Å². The maximum Gasteiger partial charge on any atom is 0.231 e. The summed E-state index contributed by atoms with van der Waals surface area (Å²) in [7, 11) is 0. The Hall–Kier alpha value is -3.86. The van der Waals surface area contributed by atoms with Gasteiger partial charge in [-0.25, -0.2) is 0 Å². The molecular weight excluding hydrogens is 354 g/mol. The minimum atomic E-state index is -0.183. The van der Waals surface area contributed by atoms with Gasteiger partial charge < -0.3 is 14.8 Å². The normalized spacial score (nSPS) is 12.1. The van der Waals surface area contributed by atoms with Crippen LogP contribution in [0.1, 0.15) is 26.3 Å². The van der Waals surface area contributed by atoms with Crippen molar-refractivity contribution in [1.82, 2.24) is 0 Å². The Labute approximate surface area is 162 Å². The summed E-state index contributed by atoms with van der Waals surface area (Å²) in [5, 5.41) is 3.04. The standard InChI is InChI=1S/C23H17NO4/c25-20(17-10-11-21-22(14-17)28-15-27-21)12-13-24-19-9-5-4-8-18(19)23(26)16-6-2-1-3-7-16/h1-14,24H,15H2. The molecule has 28 heavy (non-hydrogen) atoms. The summed E-state index contributed by atoms with van der Waals surface area (Å²) in [5.41, 5.74) is 2.27. The Morgan fingerprint density at radius 1 is 0.821 bits per heavy atom. The van der Waals surface area contributed by atoms with Gasteiger partial charge in [-0.1, -0.05) is 42.5 Å². The first-order valence-corrected chi connectivity index (χ1v) is 8.78. The van der Waals surface area contributed by atoms with Gasteiger partial charge in [0.1, 0.15) is 0 Å². The van der Waals surface area contributed by atoms with Crippen molar-refractivity contribution >= 4 is 17.3 Å². The van der Waals surface area contributed by atoms with Crippen molar-refractivity contribution in [3.05, 3.63) is 102 Å². The highest BCUT2D eigenvalue weighted by molar-refractivity contribution is 6.12. The average Bonchev–Trinajstić information content (AvgIpc) is 3.22. The van der Waals surface area contributed by atoms with Gasteiger partial charge in [-0.2, -0.15) is 0 Å². The molecule has 4 rings (SSSR count). The molecule has 1 heterocycles. The molecule has 0 radical (unpaired) electrons. The molecule has 0 saturated heterocycles. The Balaban J connectivity index is 1.49. The fourth-order valence-corrected chi connectivity index (χ4v) is 2.91. The number of ketones is 2. The molecule has 0 fully saturated rings. The highest BCUT2D eigenvalue weighted by atomic mass is 16.7. The zero-order chi connectivity index (χ0) is 19.3. The molecule has 0 saturated carbocycles. The van der Waals surface area contributed by atoms with Gasteiger partial charge in [0.25, 0.3) is 0 Å². The lowest BCUT2D eigenvalue weighted by Gasteiger charge is -2.08. The SMILES string of the molecule is O=C(C=CNc1ccccc1C(=O)c1ccccc1)c1ccc2c(c1)OCO2. The Bertz CT molecular complexity index is 1060. The number of benzene rings is 3. The van der Waals surface area contributed by atoms with Gasteiger partial charge in [0, 0.05) is 34.7 Å². The maximum absolute atomic E-state index is 12.7. The van der Waals surface area contributed by atoms with E-state index >= 15 is 0 Å². The molecule has 138 valence electrons. The molecule has 0 bridgehead atoms. The van der Waals surface area contributed by atoms with E-state index in [1.807, 2.05) is 30.3 Å². The highest BCUT2D eigenvalue weighted by Gasteiger charge is 2.15. The first-order chi connectivity index (χ1) is 13.7. The van der Waals surface area contributed by atoms with Gasteiger partial charge in [-0.3, -0.25) is 9.59 Å². The average molecular weight is 371 g/mol. The molecule has 0 unspecified atom stereocenters. The van der Waals surface area contributed by atoms with Crippen LogP contribution in [0.25, 0.3) is 0 Å². The van der Waals surface area contributed by atoms with Crippen LogP contribution in [0.15, 0.2) is 85.1 Å². The van der Waals surface area contributed by atoms with Crippen molar-refractivity contribution in [2.45, 2.75) is 0 Å². The summed E-state index contributed by atoms with van der Waals surface area (Å²) < 4.78 is 10.5. The molecule has 0 amide bonds. The molecule has 0 spiro atoms. The van der Waals surface area contributed by atoms with Crippen molar-refractivity contribution in [3.63, 3.8) is 0 Å². The van der Waals surface area contributed by atoms with E-state index in [-0.39, 0.29) is 18.4 Å². The molecule has 0 atom stereocenters. The van der Waals surface area contributed by atoms with Gasteiger partial charge >= 0.3 is 0 Å². The quantitative estimate of drug-likeness (QED) is 0.512. The molecule has 1 aliphatic heterocycles. The van der Waals surface area contributed by atoms with Crippen LogP contribution < -0.4 is 14.8 Å². The highest BCUT2D eigenvalue weighted by Crippen LogP contribution is 2.32. The molecule has 1 aliphatic rings. The van der Waals surface area contributed by atoms with Crippen molar-refractivity contribution < 1.29 is 19.1 Å². The second-order valence-corrected chi connectivity index (χ2v) is 6.15. The molecule has 5 nitrogen and oxygen atoms in total. The molecular formula is C23H17NO4. The third-order valence-corrected chi connectivity index (χ3v) is 4.34. The number of carbonyl (C=O) groups excluding carboxylic acids is 2. The molecule has 3 aromatic rings. The van der Waals surface area contributed by atoms with E-state index in [2.05, 4.69) is 5.32 Å². The first kappa shape index (κ1) is 17.5. The van der Waals surface area contributed by atoms with E-state index in [0.29, 0.717) is 33.9 Å². The third kappa shape index (κ3) is 3.64. The molecule has 0 aliphatic carbocycles. The van der Waals surface area contributed by atoms with Crippen LogP contribution in [0, 0.1) is 0 Å². The smallest absolute Gasteiger partial charge is 0.231 e. The number of allylic oxidation sites excluding steroid dienone is 1. The van der Waals surface area contributed by atoms with Crippen LogP contribution in [0.4, 0.5) is 5.69 Å². The van der Waals surface area contributed by atoms with Gasteiger partial charge in [0.2, 0.25) is 6.79 Å². The third-order valence-electron chi connectivity index (χ3n) is 4.34. The van der Waals surface area contributed by atoms with Crippen LogP contribution in [-0.4, -0.2) is 18.4 Å². The predicted molar refractivity (Wildman–Crippen MR) is 106 cm³/mol. The number of fused-ring (bicyclic) bond motifs is 1. The van der Waals surface area contributed by atoms with E-state index < -0.39 is 0 Å². The summed E-state index contributed by atoms with van der Waals surface area (Å²) in [4.78, 5) is 25.1. The summed E-state index contributed by atoms with van der Waals surface area (Å²) in [6.45, 7) is 0.163. The van der Waals surface area contributed by atoms with Gasteiger partial charge in [-0.15, -0.1) is 0 Å². The second kappa shape index (κ2) is 7.80. The van der Waals surface area contributed by atoms with Gasteiger partial charge in [-0.05, 0) is 30.3 Å². The number of ether oxygens (including phenoxy) is 2. The molecule has 3 aromatic carbocycles. The molecule has 1 N–H and O–H groups in total. The largest absolute Gasteiger partial charge is 0.454 e. The summed E-state index contributed by atoms with van der Waals surface area (Å²) in [6, 6.07) is 21.3. The van der Waals surface area contributed by atoms with E-state index in [1.165, 1.54) is 12.3 Å². The lowest BCUT2D eigenvalue weighted by molar-refractivity contribution is 0.103. The van der Waals surface area contributed by atoms with Gasteiger partial charge in [0.05, 0.1) is 0 Å². The topological polar surface area (TPSA) is 64.6 Å². The predicted octanol–water partition coefficient (Wildman–Crippen LogP) is 4.45. The number of hydrogen-bond donors (Lipinski definition) is 1. The lowest BCUT2D eigenvalue weighted by Crippen LogP contribution is -2.05. The monoisotopic (exact) mass is 371 g/mol. The number of para-hydroxylation sites is 1. The zero-order valence-electron chi connectivity index (χ0n) is 14.9. The van der Waals surface area contributed by atoms with Crippen molar-refractivity contribution in [2.75, 3.05) is 12.1 Å².